The summed E-state index contributed by atoms with van der Waals surface area (Å²) >= 11 is 0. The lowest BCUT2D eigenvalue weighted by atomic mass is 9.87. The van der Waals surface area contributed by atoms with Gasteiger partial charge >= 0.3 is 5.97 Å². The van der Waals surface area contributed by atoms with E-state index < -0.39 is 31.9 Å². The van der Waals surface area contributed by atoms with Crippen LogP contribution in [0, 0.1) is 5.92 Å². The number of aliphatic carboxylic acids is 1. The standard InChI is InChI=1S/C15H22N2O6S2/c1-17(2)25(22,23)14-9-7-13(8-10-14)24(20,21)16-12-5-3-11(4-6-12)15(18)19/h7-12,16H,3-6H2,1-2H3,(H,18,19). The quantitative estimate of drug-likeness (QED) is 0.743. The average Bonchev–Trinajstić information content (AvgIpc) is 2.55. The minimum atomic E-state index is -3.79. The van der Waals surface area contributed by atoms with Crippen molar-refractivity contribution >= 4 is 26.0 Å². The molecule has 1 aromatic carbocycles. The Labute approximate surface area is 147 Å². The predicted octanol–water partition coefficient (Wildman–Crippen LogP) is 0.859. The Balaban J connectivity index is 2.09. The molecule has 0 aliphatic heterocycles. The van der Waals surface area contributed by atoms with Crippen molar-refractivity contribution in [3.63, 3.8) is 0 Å². The second kappa shape index (κ2) is 7.40. The lowest BCUT2D eigenvalue weighted by molar-refractivity contribution is -0.142. The molecule has 0 radical (unpaired) electrons. The lowest BCUT2D eigenvalue weighted by Gasteiger charge is -2.26. The summed E-state index contributed by atoms with van der Waals surface area (Å²) in [6.07, 6.45) is 1.79. The maximum atomic E-state index is 12.4. The summed E-state index contributed by atoms with van der Waals surface area (Å²) in [5.74, 6) is -1.27. The van der Waals surface area contributed by atoms with E-state index in [2.05, 4.69) is 4.72 Å². The maximum absolute atomic E-state index is 12.4. The monoisotopic (exact) mass is 390 g/mol. The number of carboxylic acid groups (broad SMARTS) is 1. The Hall–Kier alpha value is -1.49. The number of nitrogens with zero attached hydrogens (tertiary/aromatic N) is 1. The fourth-order valence-electron chi connectivity index (χ4n) is 2.75. The summed E-state index contributed by atoms with van der Waals surface area (Å²) in [5, 5.41) is 8.97. The molecule has 0 amide bonds. The van der Waals surface area contributed by atoms with Crippen LogP contribution < -0.4 is 4.72 Å². The van der Waals surface area contributed by atoms with Crippen LogP contribution in [-0.4, -0.2) is 52.4 Å². The molecule has 0 atom stereocenters. The van der Waals surface area contributed by atoms with Crippen molar-refractivity contribution in [1.29, 1.82) is 0 Å². The molecule has 0 heterocycles. The zero-order valence-corrected chi connectivity index (χ0v) is 15.7. The van der Waals surface area contributed by atoms with E-state index in [9.17, 15) is 21.6 Å². The van der Waals surface area contributed by atoms with Crippen LogP contribution in [0.5, 0.6) is 0 Å². The summed E-state index contributed by atoms with van der Waals surface area (Å²) in [7, 11) is -4.61. The minimum absolute atomic E-state index is 0.0124. The Kier molecular flexibility index (Phi) is 5.87. The molecule has 0 spiro atoms. The first-order chi connectivity index (χ1) is 11.5. The molecule has 1 saturated carbocycles. The zero-order chi connectivity index (χ0) is 18.8. The van der Waals surface area contributed by atoms with E-state index in [1.54, 1.807) is 0 Å². The van der Waals surface area contributed by atoms with Crippen molar-refractivity contribution in [3.05, 3.63) is 24.3 Å². The Bertz CT molecular complexity index is 823. The topological polar surface area (TPSA) is 121 Å². The highest BCUT2D eigenvalue weighted by molar-refractivity contribution is 7.89. The van der Waals surface area contributed by atoms with Gasteiger partial charge in [0.15, 0.2) is 0 Å². The minimum Gasteiger partial charge on any atom is -0.481 e. The van der Waals surface area contributed by atoms with Crippen LogP contribution in [0.2, 0.25) is 0 Å². The van der Waals surface area contributed by atoms with Gasteiger partial charge in [0.1, 0.15) is 0 Å². The summed E-state index contributed by atoms with van der Waals surface area (Å²) in [6.45, 7) is 0. The molecule has 0 saturated heterocycles. The normalized spacial score (nSPS) is 22.0. The number of hydrogen-bond donors (Lipinski definition) is 2. The highest BCUT2D eigenvalue weighted by Crippen LogP contribution is 2.26. The largest absolute Gasteiger partial charge is 0.481 e. The fourth-order valence-corrected chi connectivity index (χ4v) is 4.95. The summed E-state index contributed by atoms with van der Waals surface area (Å²) in [4.78, 5) is 10.9. The highest BCUT2D eigenvalue weighted by atomic mass is 32.2. The molecule has 2 rings (SSSR count). The van der Waals surface area contributed by atoms with Gasteiger partial charge in [-0.1, -0.05) is 0 Å². The molecule has 1 aliphatic carbocycles. The van der Waals surface area contributed by atoms with Gasteiger partial charge in [-0.05, 0) is 49.9 Å². The van der Waals surface area contributed by atoms with Gasteiger partial charge in [0.2, 0.25) is 20.0 Å². The number of hydrogen-bond acceptors (Lipinski definition) is 5. The van der Waals surface area contributed by atoms with Gasteiger partial charge in [0, 0.05) is 20.1 Å². The van der Waals surface area contributed by atoms with Gasteiger partial charge in [0.05, 0.1) is 15.7 Å². The van der Waals surface area contributed by atoms with Crippen LogP contribution in [0.25, 0.3) is 0 Å². The molecule has 25 heavy (non-hydrogen) atoms. The van der Waals surface area contributed by atoms with Crippen LogP contribution >= 0.6 is 0 Å². The Morgan fingerprint density at radius 3 is 1.92 bits per heavy atom. The first-order valence-corrected chi connectivity index (χ1v) is 10.7. The molecule has 0 aromatic heterocycles. The van der Waals surface area contributed by atoms with Crippen molar-refractivity contribution < 1.29 is 26.7 Å². The number of benzene rings is 1. The number of rotatable bonds is 6. The molecule has 0 unspecified atom stereocenters. The third-order valence-electron chi connectivity index (χ3n) is 4.31. The predicted molar refractivity (Wildman–Crippen MR) is 91.0 cm³/mol. The van der Waals surface area contributed by atoms with E-state index in [-0.39, 0.29) is 15.8 Å². The van der Waals surface area contributed by atoms with E-state index in [0.29, 0.717) is 25.7 Å². The van der Waals surface area contributed by atoms with Crippen molar-refractivity contribution in [2.45, 2.75) is 41.5 Å². The van der Waals surface area contributed by atoms with Crippen LogP contribution in [0.4, 0.5) is 0 Å². The van der Waals surface area contributed by atoms with E-state index in [1.807, 2.05) is 0 Å². The SMILES string of the molecule is CN(C)S(=O)(=O)c1ccc(S(=O)(=O)NC2CCC(C(=O)O)CC2)cc1. The van der Waals surface area contributed by atoms with Gasteiger partial charge in [-0.15, -0.1) is 0 Å². The molecule has 2 N–H and O–H groups in total. The number of nitrogens with one attached hydrogen (secondary N) is 1. The second-order valence-electron chi connectivity index (χ2n) is 6.27. The molecule has 10 heteroatoms. The number of sulfonamides is 2. The molecular weight excluding hydrogens is 368 g/mol. The zero-order valence-electron chi connectivity index (χ0n) is 14.0. The fraction of sp³-hybridized carbons (Fsp3) is 0.533. The van der Waals surface area contributed by atoms with Crippen LogP contribution in [0.1, 0.15) is 25.7 Å². The van der Waals surface area contributed by atoms with Crippen LogP contribution in [-0.2, 0) is 24.8 Å². The van der Waals surface area contributed by atoms with E-state index in [1.165, 1.54) is 38.4 Å². The van der Waals surface area contributed by atoms with E-state index in [0.717, 1.165) is 4.31 Å². The molecule has 8 nitrogen and oxygen atoms in total. The highest BCUT2D eigenvalue weighted by Gasteiger charge is 2.29. The van der Waals surface area contributed by atoms with Crippen LogP contribution in [0.3, 0.4) is 0 Å². The van der Waals surface area contributed by atoms with Gasteiger partial charge in [0.25, 0.3) is 0 Å². The van der Waals surface area contributed by atoms with E-state index in [4.69, 9.17) is 5.11 Å². The number of carboxylic acids is 1. The smallest absolute Gasteiger partial charge is 0.306 e. The number of carbonyl (C=O) groups is 1. The summed E-state index contributed by atoms with van der Waals surface area (Å²) in [5.41, 5.74) is 0. The molecule has 1 aliphatic rings. The van der Waals surface area contributed by atoms with Gasteiger partial charge < -0.3 is 5.11 Å². The van der Waals surface area contributed by atoms with Gasteiger partial charge in [-0.2, -0.15) is 0 Å². The molecule has 1 fully saturated rings. The van der Waals surface area contributed by atoms with Crippen LogP contribution in [0.15, 0.2) is 34.1 Å². The molecule has 0 bridgehead atoms. The third-order valence-corrected chi connectivity index (χ3v) is 7.68. The second-order valence-corrected chi connectivity index (χ2v) is 10.1. The van der Waals surface area contributed by atoms with Gasteiger partial charge in [-0.25, -0.2) is 25.9 Å². The average molecular weight is 390 g/mol. The van der Waals surface area contributed by atoms with Crippen molar-refractivity contribution in [1.82, 2.24) is 9.03 Å². The summed E-state index contributed by atoms with van der Waals surface area (Å²) < 4.78 is 52.5. The van der Waals surface area contributed by atoms with Crippen molar-refractivity contribution in [2.24, 2.45) is 5.92 Å². The van der Waals surface area contributed by atoms with E-state index >= 15 is 0 Å². The summed E-state index contributed by atoms with van der Waals surface area (Å²) in [6, 6.07) is 4.70. The lowest BCUT2D eigenvalue weighted by Crippen LogP contribution is -2.38. The Morgan fingerprint density at radius 1 is 1.00 bits per heavy atom. The molecular formula is C15H22N2O6S2. The Morgan fingerprint density at radius 2 is 1.48 bits per heavy atom. The van der Waals surface area contributed by atoms with Crippen molar-refractivity contribution in [2.75, 3.05) is 14.1 Å². The maximum Gasteiger partial charge on any atom is 0.306 e. The first kappa shape index (κ1) is 19.8. The molecule has 140 valence electrons. The third kappa shape index (κ3) is 4.57. The first-order valence-electron chi connectivity index (χ1n) is 7.82. The molecule has 1 aromatic rings. The van der Waals surface area contributed by atoms with Crippen molar-refractivity contribution in [3.8, 4) is 0 Å². The van der Waals surface area contributed by atoms with Gasteiger partial charge in [-0.3, -0.25) is 4.79 Å².